The molecule has 0 nitrogen and oxygen atoms in total. The summed E-state index contributed by atoms with van der Waals surface area (Å²) in [7, 11) is 0. The Morgan fingerprint density at radius 1 is 0.706 bits per heavy atom. The van der Waals surface area contributed by atoms with Crippen molar-refractivity contribution in [3.05, 3.63) is 0 Å². The monoisotopic (exact) mass is 246 g/mol. The highest BCUT2D eigenvalue weighted by Crippen LogP contribution is 2.22. The van der Waals surface area contributed by atoms with E-state index in [9.17, 15) is 0 Å². The molecule has 0 amide bonds. The van der Waals surface area contributed by atoms with Crippen LogP contribution >= 0.6 is 0 Å². The average molecular weight is 247 g/mol. The molecule has 0 aromatic heterocycles. The maximum absolute atomic E-state index is 2.34. The summed E-state index contributed by atoms with van der Waals surface area (Å²) >= 11 is 0. The number of rotatable bonds is 2. The molecular formula is C17H42. The molecule has 0 saturated heterocycles. The van der Waals surface area contributed by atoms with Crippen LogP contribution in [0.1, 0.15) is 107 Å². The van der Waals surface area contributed by atoms with Gasteiger partial charge in [-0.3, -0.25) is 0 Å². The van der Waals surface area contributed by atoms with E-state index in [1.165, 1.54) is 44.9 Å². The summed E-state index contributed by atoms with van der Waals surface area (Å²) in [6.07, 6.45) is 10.0. The van der Waals surface area contributed by atoms with Gasteiger partial charge in [-0.15, -0.1) is 0 Å². The first-order valence-corrected chi connectivity index (χ1v) is 8.31. The number of hydrogen-bond acceptors (Lipinski definition) is 0. The van der Waals surface area contributed by atoms with E-state index in [2.05, 4.69) is 20.8 Å². The minimum atomic E-state index is 1.05. The van der Waals surface area contributed by atoms with Crippen LogP contribution in [0.25, 0.3) is 0 Å². The van der Waals surface area contributed by atoms with Gasteiger partial charge in [0.05, 0.1) is 0 Å². The molecule has 0 spiro atoms. The maximum atomic E-state index is 2.34. The first-order chi connectivity index (χ1) is 8.31. The fourth-order valence-electron chi connectivity index (χ4n) is 1.48. The second kappa shape index (κ2) is 36.0. The lowest BCUT2D eigenvalue weighted by molar-refractivity contribution is 0.612. The SMILES string of the molecule is CC.CC.CC.CC1CCCC1.CCCCC. The van der Waals surface area contributed by atoms with Gasteiger partial charge in [-0.1, -0.05) is 107 Å². The van der Waals surface area contributed by atoms with Crippen LogP contribution in [-0.4, -0.2) is 0 Å². The van der Waals surface area contributed by atoms with E-state index in [-0.39, 0.29) is 0 Å². The quantitative estimate of drug-likeness (QED) is 0.474. The molecule has 0 aliphatic heterocycles. The molecule has 1 saturated carbocycles. The van der Waals surface area contributed by atoms with Crippen molar-refractivity contribution in [2.24, 2.45) is 5.92 Å². The largest absolute Gasteiger partial charge is 0.0683 e. The molecule has 17 heavy (non-hydrogen) atoms. The lowest BCUT2D eigenvalue weighted by Gasteiger charge is -1.91. The molecule has 110 valence electrons. The Hall–Kier alpha value is 0. The van der Waals surface area contributed by atoms with Gasteiger partial charge < -0.3 is 0 Å². The smallest absolute Gasteiger partial charge is 0.0443 e. The molecule has 0 unspecified atom stereocenters. The molecule has 0 N–H and O–H groups in total. The standard InChI is InChI=1S/C6H12.C5H12.3C2H6/c1-6-4-2-3-5-6;1-3-5-4-2;3*1-2/h6H,2-5H2,1H3;3-5H2,1-2H3;3*1-2H3. The molecule has 1 aliphatic carbocycles. The van der Waals surface area contributed by atoms with Gasteiger partial charge in [0.25, 0.3) is 0 Å². The minimum Gasteiger partial charge on any atom is -0.0683 e. The highest BCUT2D eigenvalue weighted by molar-refractivity contribution is 4.60. The summed E-state index contributed by atoms with van der Waals surface area (Å²) in [5.41, 5.74) is 0. The van der Waals surface area contributed by atoms with E-state index in [0.29, 0.717) is 0 Å². The van der Waals surface area contributed by atoms with Crippen molar-refractivity contribution in [1.29, 1.82) is 0 Å². The molecule has 0 heteroatoms. The van der Waals surface area contributed by atoms with Crippen LogP contribution in [0.4, 0.5) is 0 Å². The molecular weight excluding hydrogens is 204 g/mol. The normalized spacial score (nSPS) is 12.5. The fourth-order valence-corrected chi connectivity index (χ4v) is 1.48. The highest BCUT2D eigenvalue weighted by Gasteiger charge is 2.07. The van der Waals surface area contributed by atoms with Crippen LogP contribution in [0.15, 0.2) is 0 Å². The van der Waals surface area contributed by atoms with Gasteiger partial charge in [-0.25, -0.2) is 0 Å². The Bertz CT molecular complexity index is 58.4. The Kier molecular flexibility index (Phi) is 54.5. The van der Waals surface area contributed by atoms with Gasteiger partial charge in [0.2, 0.25) is 0 Å². The van der Waals surface area contributed by atoms with Crippen molar-refractivity contribution in [2.45, 2.75) is 107 Å². The van der Waals surface area contributed by atoms with Gasteiger partial charge >= 0.3 is 0 Å². The molecule has 1 rings (SSSR count). The van der Waals surface area contributed by atoms with E-state index in [0.717, 1.165) is 5.92 Å². The van der Waals surface area contributed by atoms with Crippen LogP contribution < -0.4 is 0 Å². The second-order valence-electron chi connectivity index (χ2n) is 3.74. The fraction of sp³-hybridized carbons (Fsp3) is 1.00. The highest BCUT2D eigenvalue weighted by atomic mass is 14.1. The zero-order valence-electron chi connectivity index (χ0n) is 14.5. The van der Waals surface area contributed by atoms with Crippen LogP contribution in [0.5, 0.6) is 0 Å². The Morgan fingerprint density at radius 3 is 1.06 bits per heavy atom. The third-order valence-corrected chi connectivity index (χ3v) is 2.35. The molecule has 0 aromatic carbocycles. The summed E-state index contributed by atoms with van der Waals surface area (Å²) in [6.45, 7) is 18.8. The van der Waals surface area contributed by atoms with Crippen LogP contribution in [0.2, 0.25) is 0 Å². The van der Waals surface area contributed by atoms with Crippen molar-refractivity contribution in [3.8, 4) is 0 Å². The summed E-state index contributed by atoms with van der Waals surface area (Å²) in [4.78, 5) is 0. The Labute approximate surface area is 114 Å². The third-order valence-electron chi connectivity index (χ3n) is 2.35. The number of unbranched alkanes of at least 4 members (excludes halogenated alkanes) is 2. The summed E-state index contributed by atoms with van der Waals surface area (Å²) in [5, 5.41) is 0. The van der Waals surface area contributed by atoms with E-state index in [4.69, 9.17) is 0 Å². The van der Waals surface area contributed by atoms with Crippen molar-refractivity contribution >= 4 is 0 Å². The van der Waals surface area contributed by atoms with Crippen LogP contribution in [0, 0.1) is 5.92 Å². The van der Waals surface area contributed by atoms with Crippen molar-refractivity contribution in [3.63, 3.8) is 0 Å². The van der Waals surface area contributed by atoms with Gasteiger partial charge in [-0.2, -0.15) is 0 Å². The zero-order chi connectivity index (χ0) is 14.5. The van der Waals surface area contributed by atoms with Gasteiger partial charge in [0.1, 0.15) is 0 Å². The molecule has 1 aliphatic rings. The van der Waals surface area contributed by atoms with E-state index in [1.807, 2.05) is 41.5 Å². The summed E-state index contributed by atoms with van der Waals surface area (Å²) < 4.78 is 0. The van der Waals surface area contributed by atoms with Crippen molar-refractivity contribution in [1.82, 2.24) is 0 Å². The minimum absolute atomic E-state index is 1.05. The average Bonchev–Trinajstić information content (AvgIpc) is 2.89. The van der Waals surface area contributed by atoms with Crippen LogP contribution in [0.3, 0.4) is 0 Å². The molecule has 1 fully saturated rings. The zero-order valence-corrected chi connectivity index (χ0v) is 14.5. The topological polar surface area (TPSA) is 0 Å². The lowest BCUT2D eigenvalue weighted by Crippen LogP contribution is -1.78. The van der Waals surface area contributed by atoms with E-state index < -0.39 is 0 Å². The van der Waals surface area contributed by atoms with E-state index >= 15 is 0 Å². The summed E-state index contributed by atoms with van der Waals surface area (Å²) in [5.74, 6) is 1.05. The Morgan fingerprint density at radius 2 is 1.00 bits per heavy atom. The summed E-state index contributed by atoms with van der Waals surface area (Å²) in [6, 6.07) is 0. The molecule has 0 bridgehead atoms. The maximum Gasteiger partial charge on any atom is -0.0443 e. The Balaban J connectivity index is -0.0000000701. The molecule has 0 atom stereocenters. The molecule has 0 radical (unpaired) electrons. The van der Waals surface area contributed by atoms with Crippen molar-refractivity contribution in [2.75, 3.05) is 0 Å². The first-order valence-electron chi connectivity index (χ1n) is 8.31. The van der Waals surface area contributed by atoms with Crippen LogP contribution in [-0.2, 0) is 0 Å². The second-order valence-corrected chi connectivity index (χ2v) is 3.74. The van der Waals surface area contributed by atoms with Gasteiger partial charge in [-0.05, 0) is 5.92 Å². The molecule has 0 aromatic rings. The van der Waals surface area contributed by atoms with E-state index in [1.54, 1.807) is 0 Å². The first kappa shape index (κ1) is 25.8. The van der Waals surface area contributed by atoms with Gasteiger partial charge in [0, 0.05) is 0 Å². The number of hydrogen-bond donors (Lipinski definition) is 0. The molecule has 0 heterocycles. The third kappa shape index (κ3) is 38.7. The predicted molar refractivity (Wildman–Crippen MR) is 86.9 cm³/mol. The predicted octanol–water partition coefficient (Wildman–Crippen LogP) is 7.47. The van der Waals surface area contributed by atoms with Gasteiger partial charge in [0.15, 0.2) is 0 Å². The lowest BCUT2D eigenvalue weighted by atomic mass is 10.2. The van der Waals surface area contributed by atoms with Crippen molar-refractivity contribution < 1.29 is 0 Å².